The van der Waals surface area contributed by atoms with Gasteiger partial charge in [-0.15, -0.1) is 0 Å². The molecule has 0 aromatic heterocycles. The third-order valence-corrected chi connectivity index (χ3v) is 9.15. The van der Waals surface area contributed by atoms with Crippen molar-refractivity contribution in [2.45, 2.75) is 12.8 Å². The summed E-state index contributed by atoms with van der Waals surface area (Å²) in [5, 5.41) is 2.55. The normalized spacial score (nSPS) is 26.8. The van der Waals surface area contributed by atoms with Crippen molar-refractivity contribution in [3.05, 3.63) is 186 Å². The molecule has 0 heterocycles. The molecule has 2 aromatic carbocycles. The predicted molar refractivity (Wildman–Crippen MR) is 171 cm³/mol. The smallest absolute Gasteiger partial charge is 0.0137 e. The summed E-state index contributed by atoms with van der Waals surface area (Å²) in [5.74, 6) is 1.10. The van der Waals surface area contributed by atoms with E-state index in [9.17, 15) is 0 Å². The Morgan fingerprint density at radius 1 is 0.600 bits per heavy atom. The van der Waals surface area contributed by atoms with Crippen LogP contribution >= 0.6 is 0 Å². The molecular weight excluding hydrogens is 480 g/mol. The zero-order valence-corrected chi connectivity index (χ0v) is 22.8. The number of allylic oxidation sites excluding steroid dienone is 22. The summed E-state index contributed by atoms with van der Waals surface area (Å²) in [4.78, 5) is 0. The molecule has 2 aromatic rings. The van der Waals surface area contributed by atoms with Crippen LogP contribution < -0.4 is 0 Å². The summed E-state index contributed by atoms with van der Waals surface area (Å²) in [6, 6.07) is 15.4. The van der Waals surface area contributed by atoms with Gasteiger partial charge in [-0.1, -0.05) is 147 Å². The first-order chi connectivity index (χ1) is 19.8. The second-order valence-electron chi connectivity index (χ2n) is 11.1. The molecule has 4 atom stereocenters. The van der Waals surface area contributed by atoms with Crippen LogP contribution in [0.4, 0.5) is 0 Å². The number of benzene rings is 2. The number of rotatable bonds is 5. The number of hydrogen-bond donors (Lipinski definition) is 0. The lowest BCUT2D eigenvalue weighted by atomic mass is 9.62. The lowest BCUT2D eigenvalue weighted by molar-refractivity contribution is 0.560. The highest BCUT2D eigenvalue weighted by Gasteiger charge is 2.40. The van der Waals surface area contributed by atoms with Crippen molar-refractivity contribution in [1.82, 2.24) is 0 Å². The summed E-state index contributed by atoms with van der Waals surface area (Å²) >= 11 is 0. The fourth-order valence-corrected chi connectivity index (χ4v) is 7.42. The van der Waals surface area contributed by atoms with Crippen molar-refractivity contribution in [2.75, 3.05) is 0 Å². The molecule has 0 saturated carbocycles. The van der Waals surface area contributed by atoms with Crippen molar-refractivity contribution in [1.29, 1.82) is 0 Å². The summed E-state index contributed by atoms with van der Waals surface area (Å²) in [6.07, 6.45) is 36.5. The molecule has 0 heteroatoms. The minimum Gasteiger partial charge on any atom is -0.0984 e. The Hall–Kier alpha value is -4.42. The molecule has 194 valence electrons. The molecule has 40 heavy (non-hydrogen) atoms. The second-order valence-corrected chi connectivity index (χ2v) is 11.1. The van der Waals surface area contributed by atoms with E-state index >= 15 is 0 Å². The van der Waals surface area contributed by atoms with Crippen molar-refractivity contribution >= 4 is 16.3 Å². The Kier molecular flexibility index (Phi) is 6.33. The van der Waals surface area contributed by atoms with Crippen LogP contribution in [0, 0.1) is 23.7 Å². The zero-order valence-electron chi connectivity index (χ0n) is 22.8. The molecule has 0 aliphatic heterocycles. The fraction of sp³-hybridized carbons (Fsp3) is 0.150. The van der Waals surface area contributed by atoms with Gasteiger partial charge in [0.15, 0.2) is 0 Å². The summed E-state index contributed by atoms with van der Waals surface area (Å²) in [7, 11) is 0. The third-order valence-electron chi connectivity index (χ3n) is 9.15. The van der Waals surface area contributed by atoms with Crippen LogP contribution in [0.25, 0.3) is 16.3 Å². The first kappa shape index (κ1) is 24.6. The molecule has 0 nitrogen and oxygen atoms in total. The highest BCUT2D eigenvalue weighted by Crippen LogP contribution is 2.53. The minimum atomic E-state index is 0.224. The maximum Gasteiger partial charge on any atom is 0.0137 e. The first-order valence-electron chi connectivity index (χ1n) is 14.5. The van der Waals surface area contributed by atoms with E-state index in [0.29, 0.717) is 11.8 Å². The largest absolute Gasteiger partial charge is 0.0984 e. The molecule has 5 aliphatic rings. The van der Waals surface area contributed by atoms with Gasteiger partial charge in [0.25, 0.3) is 0 Å². The number of fused-ring (bicyclic) bond motifs is 3. The SMILES string of the molecule is C=CC1=C(C2=CC=C(C3=CC=CCC3)C3C=CC=CC23)C2C=CC=CC2C(c2cccc3ccccc23)=C1C=C. The highest BCUT2D eigenvalue weighted by molar-refractivity contribution is 5.98. The minimum absolute atomic E-state index is 0.224. The maximum atomic E-state index is 4.37. The van der Waals surface area contributed by atoms with Crippen molar-refractivity contribution in [3.63, 3.8) is 0 Å². The molecule has 0 radical (unpaired) electrons. The quantitative estimate of drug-likeness (QED) is 0.372. The van der Waals surface area contributed by atoms with Crippen molar-refractivity contribution in [2.24, 2.45) is 23.7 Å². The lowest BCUT2D eigenvalue weighted by Gasteiger charge is -2.42. The predicted octanol–water partition coefficient (Wildman–Crippen LogP) is 10.1. The van der Waals surface area contributed by atoms with Crippen LogP contribution in [0.2, 0.25) is 0 Å². The second kappa shape index (κ2) is 10.3. The van der Waals surface area contributed by atoms with Gasteiger partial charge in [0.1, 0.15) is 0 Å². The van der Waals surface area contributed by atoms with Gasteiger partial charge in [-0.05, 0) is 68.2 Å². The monoisotopic (exact) mass is 514 g/mol. The van der Waals surface area contributed by atoms with Crippen LogP contribution in [0.1, 0.15) is 18.4 Å². The van der Waals surface area contributed by atoms with E-state index in [1.54, 1.807) is 0 Å². The Balaban J connectivity index is 1.47. The van der Waals surface area contributed by atoms with Crippen molar-refractivity contribution in [3.8, 4) is 0 Å². The molecule has 0 amide bonds. The van der Waals surface area contributed by atoms with Gasteiger partial charge in [0, 0.05) is 23.7 Å². The molecule has 5 aliphatic carbocycles. The number of hydrogen-bond acceptors (Lipinski definition) is 0. The van der Waals surface area contributed by atoms with E-state index in [1.165, 1.54) is 55.3 Å². The van der Waals surface area contributed by atoms with E-state index in [4.69, 9.17) is 0 Å². The molecule has 4 unspecified atom stereocenters. The lowest BCUT2D eigenvalue weighted by Crippen LogP contribution is -2.29. The molecule has 0 fully saturated rings. The van der Waals surface area contributed by atoms with Crippen molar-refractivity contribution < 1.29 is 0 Å². The van der Waals surface area contributed by atoms with E-state index in [2.05, 4.69) is 147 Å². The van der Waals surface area contributed by atoms with Crippen LogP contribution in [-0.4, -0.2) is 0 Å². The fourth-order valence-electron chi connectivity index (χ4n) is 7.42. The van der Waals surface area contributed by atoms with E-state index in [1.807, 2.05) is 0 Å². The molecule has 0 N–H and O–H groups in total. The van der Waals surface area contributed by atoms with Gasteiger partial charge in [-0.2, -0.15) is 0 Å². The molecule has 0 saturated heterocycles. The van der Waals surface area contributed by atoms with Gasteiger partial charge in [0.05, 0.1) is 0 Å². The maximum absolute atomic E-state index is 4.37. The Morgan fingerprint density at radius 2 is 1.23 bits per heavy atom. The van der Waals surface area contributed by atoms with Gasteiger partial charge in [0.2, 0.25) is 0 Å². The Labute approximate surface area is 238 Å². The molecule has 0 bridgehead atoms. The van der Waals surface area contributed by atoms with Gasteiger partial charge < -0.3 is 0 Å². The molecule has 0 spiro atoms. The average Bonchev–Trinajstić information content (AvgIpc) is 3.03. The summed E-state index contributed by atoms with van der Waals surface area (Å²) < 4.78 is 0. The summed E-state index contributed by atoms with van der Waals surface area (Å²) in [5.41, 5.74) is 10.8. The van der Waals surface area contributed by atoms with Gasteiger partial charge >= 0.3 is 0 Å². The van der Waals surface area contributed by atoms with Crippen LogP contribution in [0.5, 0.6) is 0 Å². The standard InChI is InChI=1S/C40H34/c1-3-29-30(4-2)40(38-26-25-32(27-15-6-5-7-16-27)33-20-10-11-21-34(33)38)37-23-13-12-22-36(37)39(29)35-24-14-18-28-17-8-9-19-31(28)35/h3-6,8-15,17-26,33-34,36-37H,1-2,7,16H2. The molecular formula is C40H34. The van der Waals surface area contributed by atoms with E-state index < -0.39 is 0 Å². The average molecular weight is 515 g/mol. The Bertz CT molecular complexity index is 1720. The third kappa shape index (κ3) is 3.90. The van der Waals surface area contributed by atoms with Gasteiger partial charge in [-0.3, -0.25) is 0 Å². The van der Waals surface area contributed by atoms with Crippen LogP contribution in [-0.2, 0) is 0 Å². The van der Waals surface area contributed by atoms with Crippen LogP contribution in [0.15, 0.2) is 180 Å². The summed E-state index contributed by atoms with van der Waals surface area (Å²) in [6.45, 7) is 8.73. The van der Waals surface area contributed by atoms with E-state index in [0.717, 1.165) is 12.8 Å². The first-order valence-corrected chi connectivity index (χ1v) is 14.5. The Morgan fingerprint density at radius 3 is 1.95 bits per heavy atom. The van der Waals surface area contributed by atoms with Gasteiger partial charge in [-0.25, -0.2) is 0 Å². The topological polar surface area (TPSA) is 0 Å². The highest BCUT2D eigenvalue weighted by atomic mass is 14.4. The zero-order chi connectivity index (χ0) is 27.1. The molecule has 7 rings (SSSR count). The van der Waals surface area contributed by atoms with E-state index in [-0.39, 0.29) is 11.8 Å². The van der Waals surface area contributed by atoms with Crippen LogP contribution in [0.3, 0.4) is 0 Å².